The lowest BCUT2D eigenvalue weighted by Gasteiger charge is -2.36. The molecule has 0 heterocycles. The fourth-order valence-electron chi connectivity index (χ4n) is 9.45. The van der Waals surface area contributed by atoms with Crippen molar-refractivity contribution in [2.45, 2.75) is 31.1 Å². The van der Waals surface area contributed by atoms with Gasteiger partial charge in [0.15, 0.2) is 0 Å². The molecule has 7 aromatic rings. The lowest BCUT2D eigenvalue weighted by atomic mass is 9.66. The first-order valence-corrected chi connectivity index (χ1v) is 16.9. The summed E-state index contributed by atoms with van der Waals surface area (Å²) in [5.41, 5.74) is 12.4. The minimum absolute atomic E-state index is 0.202. The van der Waals surface area contributed by atoms with Crippen LogP contribution in [0.25, 0.3) is 43.8 Å². The summed E-state index contributed by atoms with van der Waals surface area (Å²) in [6.45, 7) is 0. The summed E-state index contributed by atoms with van der Waals surface area (Å²) in [5.74, 6) is 1.65. The van der Waals surface area contributed by atoms with Crippen molar-refractivity contribution >= 4 is 38.6 Å². The normalized spacial score (nSPS) is 20.8. The molecule has 220 valence electrons. The molecular formula is C45H35N. The van der Waals surface area contributed by atoms with E-state index in [-0.39, 0.29) is 5.41 Å². The highest BCUT2D eigenvalue weighted by Gasteiger charge is 2.56. The van der Waals surface area contributed by atoms with E-state index in [2.05, 4.69) is 157 Å². The zero-order valence-corrected chi connectivity index (χ0v) is 25.9. The van der Waals surface area contributed by atoms with E-state index in [9.17, 15) is 0 Å². The van der Waals surface area contributed by atoms with E-state index in [1.807, 2.05) is 0 Å². The summed E-state index contributed by atoms with van der Waals surface area (Å²) < 4.78 is 0. The Hall–Kier alpha value is -5.14. The molecule has 46 heavy (non-hydrogen) atoms. The highest BCUT2D eigenvalue weighted by Crippen LogP contribution is 2.65. The van der Waals surface area contributed by atoms with Gasteiger partial charge < -0.3 is 4.90 Å². The summed E-state index contributed by atoms with van der Waals surface area (Å²) >= 11 is 0. The SMILES string of the molecule is c1ccc2c(c1)-c1ccc(-c3ccc(N(c4ccc5ccccc5c4)c4ccc5ccccc5c4)cc3)cc1C21CC2CCC1C2. The Bertz CT molecular complexity index is 2220. The van der Waals surface area contributed by atoms with Crippen LogP contribution in [0.3, 0.4) is 0 Å². The molecule has 1 heteroatoms. The van der Waals surface area contributed by atoms with Crippen molar-refractivity contribution in [1.82, 2.24) is 0 Å². The maximum Gasteiger partial charge on any atom is 0.0468 e. The second-order valence-electron chi connectivity index (χ2n) is 13.8. The predicted octanol–water partition coefficient (Wildman–Crippen LogP) is 12.2. The second kappa shape index (κ2) is 9.93. The average molecular weight is 590 g/mol. The van der Waals surface area contributed by atoms with Crippen LogP contribution in [-0.4, -0.2) is 0 Å². The molecule has 10 rings (SSSR count). The Labute approximate surface area is 270 Å². The molecule has 0 amide bonds. The molecule has 0 saturated heterocycles. The van der Waals surface area contributed by atoms with Gasteiger partial charge in [-0.2, -0.15) is 0 Å². The topological polar surface area (TPSA) is 3.24 Å². The zero-order valence-electron chi connectivity index (χ0n) is 25.9. The fourth-order valence-corrected chi connectivity index (χ4v) is 9.45. The maximum absolute atomic E-state index is 2.55. The standard InChI is InChI=1S/C45H35N/c1-3-9-34-26-39(22-16-31(34)7-1)46(40-23-17-32-8-2-4-10-35(32)27-40)38-20-14-33(15-21-38)36-18-24-42-41-11-5-6-12-43(41)45(44(42)28-36)29-30-13-19-37(45)25-30/h1-12,14-18,20-24,26-28,30,37H,13,19,25,29H2. The van der Waals surface area contributed by atoms with Gasteiger partial charge in [-0.3, -0.25) is 0 Å². The van der Waals surface area contributed by atoms with E-state index in [1.165, 1.54) is 69.5 Å². The zero-order chi connectivity index (χ0) is 30.2. The van der Waals surface area contributed by atoms with Crippen LogP contribution in [0.15, 0.2) is 152 Å². The summed E-state index contributed by atoms with van der Waals surface area (Å²) in [6.07, 6.45) is 5.50. The first-order valence-electron chi connectivity index (χ1n) is 16.9. The molecule has 3 aliphatic rings. The van der Waals surface area contributed by atoms with Crippen molar-refractivity contribution in [2.24, 2.45) is 11.8 Å². The Morgan fingerprint density at radius 1 is 0.457 bits per heavy atom. The van der Waals surface area contributed by atoms with Gasteiger partial charge in [-0.05, 0) is 128 Å². The van der Waals surface area contributed by atoms with Gasteiger partial charge in [-0.25, -0.2) is 0 Å². The third kappa shape index (κ3) is 3.81. The van der Waals surface area contributed by atoms with Crippen molar-refractivity contribution in [3.8, 4) is 22.3 Å². The van der Waals surface area contributed by atoms with E-state index in [1.54, 1.807) is 11.1 Å². The Morgan fingerprint density at radius 3 is 1.70 bits per heavy atom. The van der Waals surface area contributed by atoms with Crippen LogP contribution in [-0.2, 0) is 5.41 Å². The molecule has 0 aromatic heterocycles. The van der Waals surface area contributed by atoms with Crippen molar-refractivity contribution in [3.63, 3.8) is 0 Å². The average Bonchev–Trinajstić information content (AvgIpc) is 3.81. The number of fused-ring (bicyclic) bond motifs is 10. The molecule has 1 nitrogen and oxygen atoms in total. The fraction of sp³-hybridized carbons (Fsp3) is 0.156. The maximum atomic E-state index is 2.55. The van der Waals surface area contributed by atoms with Crippen molar-refractivity contribution in [1.29, 1.82) is 0 Å². The highest BCUT2D eigenvalue weighted by atomic mass is 15.1. The van der Waals surface area contributed by atoms with Crippen LogP contribution in [0.1, 0.15) is 36.8 Å². The first kappa shape index (κ1) is 26.1. The van der Waals surface area contributed by atoms with E-state index in [0.29, 0.717) is 0 Å². The molecule has 2 saturated carbocycles. The molecule has 7 aromatic carbocycles. The smallest absolute Gasteiger partial charge is 0.0468 e. The molecule has 0 aliphatic heterocycles. The highest BCUT2D eigenvalue weighted by molar-refractivity contribution is 5.93. The number of rotatable bonds is 4. The summed E-state index contributed by atoms with van der Waals surface area (Å²) in [5, 5.41) is 5.01. The number of nitrogens with zero attached hydrogens (tertiary/aromatic N) is 1. The van der Waals surface area contributed by atoms with E-state index in [4.69, 9.17) is 0 Å². The molecule has 0 N–H and O–H groups in total. The summed E-state index contributed by atoms with van der Waals surface area (Å²) in [7, 11) is 0. The van der Waals surface area contributed by atoms with Crippen LogP contribution in [0.5, 0.6) is 0 Å². The van der Waals surface area contributed by atoms with Gasteiger partial charge >= 0.3 is 0 Å². The number of hydrogen-bond acceptors (Lipinski definition) is 1. The van der Waals surface area contributed by atoms with E-state index < -0.39 is 0 Å². The van der Waals surface area contributed by atoms with Crippen LogP contribution in [0.2, 0.25) is 0 Å². The van der Waals surface area contributed by atoms with Gasteiger partial charge in [0.25, 0.3) is 0 Å². The minimum Gasteiger partial charge on any atom is -0.310 e. The first-order chi connectivity index (χ1) is 22.7. The Morgan fingerprint density at radius 2 is 1.04 bits per heavy atom. The minimum atomic E-state index is 0.202. The molecule has 0 radical (unpaired) electrons. The molecule has 3 unspecified atom stereocenters. The molecule has 1 spiro atoms. The molecular weight excluding hydrogens is 555 g/mol. The largest absolute Gasteiger partial charge is 0.310 e. The predicted molar refractivity (Wildman–Crippen MR) is 193 cm³/mol. The Balaban J connectivity index is 1.07. The van der Waals surface area contributed by atoms with Crippen molar-refractivity contribution < 1.29 is 0 Å². The molecule has 2 fully saturated rings. The van der Waals surface area contributed by atoms with Crippen LogP contribution in [0.4, 0.5) is 17.1 Å². The monoisotopic (exact) mass is 589 g/mol. The lowest BCUT2D eigenvalue weighted by molar-refractivity contribution is 0.327. The third-order valence-corrected chi connectivity index (χ3v) is 11.5. The van der Waals surface area contributed by atoms with Gasteiger partial charge in [0, 0.05) is 22.5 Å². The van der Waals surface area contributed by atoms with Crippen molar-refractivity contribution in [3.05, 3.63) is 163 Å². The Kier molecular flexibility index (Phi) is 5.64. The van der Waals surface area contributed by atoms with Crippen LogP contribution in [0, 0.1) is 11.8 Å². The van der Waals surface area contributed by atoms with Gasteiger partial charge in [-0.1, -0.05) is 116 Å². The molecule has 3 aliphatic carbocycles. The van der Waals surface area contributed by atoms with Gasteiger partial charge in [0.2, 0.25) is 0 Å². The number of benzene rings is 7. The quantitative estimate of drug-likeness (QED) is 0.197. The van der Waals surface area contributed by atoms with E-state index >= 15 is 0 Å². The summed E-state index contributed by atoms with van der Waals surface area (Å²) in [6, 6.07) is 56.7. The van der Waals surface area contributed by atoms with Crippen molar-refractivity contribution in [2.75, 3.05) is 4.90 Å². The lowest BCUT2D eigenvalue weighted by Crippen LogP contribution is -2.31. The second-order valence-corrected chi connectivity index (χ2v) is 13.8. The van der Waals surface area contributed by atoms with Crippen LogP contribution >= 0.6 is 0 Å². The number of hydrogen-bond donors (Lipinski definition) is 0. The van der Waals surface area contributed by atoms with Gasteiger partial charge in [-0.15, -0.1) is 0 Å². The number of anilines is 3. The van der Waals surface area contributed by atoms with Gasteiger partial charge in [0.1, 0.15) is 0 Å². The van der Waals surface area contributed by atoms with E-state index in [0.717, 1.165) is 28.9 Å². The summed E-state index contributed by atoms with van der Waals surface area (Å²) in [4.78, 5) is 2.40. The molecule has 3 atom stereocenters. The van der Waals surface area contributed by atoms with Crippen LogP contribution < -0.4 is 4.90 Å². The van der Waals surface area contributed by atoms with Gasteiger partial charge in [0.05, 0.1) is 0 Å². The molecule has 2 bridgehead atoms. The third-order valence-electron chi connectivity index (χ3n) is 11.5.